The van der Waals surface area contributed by atoms with Gasteiger partial charge in [0.2, 0.25) is 0 Å². The van der Waals surface area contributed by atoms with E-state index in [1.165, 1.54) is 13.3 Å². The molecule has 0 radical (unpaired) electrons. The second-order valence-corrected chi connectivity index (χ2v) is 9.27. The molecular weight excluding hydrogens is 447 g/mol. The van der Waals surface area contributed by atoms with Gasteiger partial charge in [-0.1, -0.05) is 32.9 Å². The lowest BCUT2D eigenvalue weighted by Crippen LogP contribution is -2.25. The predicted octanol–water partition coefficient (Wildman–Crippen LogP) is 5.50. The number of benzene rings is 1. The summed E-state index contributed by atoms with van der Waals surface area (Å²) in [5.74, 6) is -0.124. The summed E-state index contributed by atoms with van der Waals surface area (Å²) in [5.41, 5.74) is -1.23. The molecule has 1 aromatic heterocycles. The third-order valence-electron chi connectivity index (χ3n) is 5.48. The number of halogens is 3. The summed E-state index contributed by atoms with van der Waals surface area (Å²) >= 11 is 0. The first-order valence-corrected chi connectivity index (χ1v) is 11.1. The number of carbonyl (C=O) groups is 1. The Morgan fingerprint density at radius 3 is 2.21 bits per heavy atom. The number of nitrogens with zero attached hydrogens (tertiary/aromatic N) is 3. The smallest absolute Gasteiger partial charge is 0.433 e. The number of rotatable bonds is 9. The van der Waals surface area contributed by atoms with Crippen LogP contribution in [-0.4, -0.2) is 48.0 Å². The number of ether oxygens (including phenoxy) is 2. The average molecular weight is 482 g/mol. The van der Waals surface area contributed by atoms with Crippen molar-refractivity contribution in [3.63, 3.8) is 0 Å². The van der Waals surface area contributed by atoms with E-state index >= 15 is 0 Å². The molecule has 34 heavy (non-hydrogen) atoms. The summed E-state index contributed by atoms with van der Waals surface area (Å²) in [6.45, 7) is 8.51. The number of aromatic nitrogens is 2. The monoisotopic (exact) mass is 481 g/mol. The van der Waals surface area contributed by atoms with Crippen molar-refractivity contribution in [2.75, 3.05) is 21.2 Å². The summed E-state index contributed by atoms with van der Waals surface area (Å²) in [6, 6.07) is 6.74. The van der Waals surface area contributed by atoms with Gasteiger partial charge in [-0.25, -0.2) is 4.79 Å². The lowest BCUT2D eigenvalue weighted by molar-refractivity contribution is -0.145. The number of methoxy groups -OCH3 is 1. The van der Waals surface area contributed by atoms with Crippen molar-refractivity contribution >= 4 is 11.5 Å². The van der Waals surface area contributed by atoms with Crippen molar-refractivity contribution in [2.45, 2.75) is 65.3 Å². The van der Waals surface area contributed by atoms with E-state index in [4.69, 9.17) is 9.47 Å². The zero-order valence-corrected chi connectivity index (χ0v) is 21.1. The number of esters is 1. The Bertz CT molecular complexity index is 1020. The lowest BCUT2D eigenvalue weighted by atomic mass is 9.79. The molecule has 0 spiro atoms. The van der Waals surface area contributed by atoms with Gasteiger partial charge in [0.25, 0.3) is 0 Å². The van der Waals surface area contributed by atoms with Gasteiger partial charge < -0.3 is 14.4 Å². The first-order chi connectivity index (χ1) is 15.7. The normalized spacial score (nSPS) is 12.8. The Hall–Kier alpha value is -2.97. The Labute approximate surface area is 199 Å². The van der Waals surface area contributed by atoms with Crippen LogP contribution in [0.1, 0.15) is 63.6 Å². The topological polar surface area (TPSA) is 56.6 Å². The van der Waals surface area contributed by atoms with Gasteiger partial charge in [0.1, 0.15) is 22.7 Å². The Morgan fingerprint density at radius 1 is 1.18 bits per heavy atom. The minimum atomic E-state index is -4.69. The highest BCUT2D eigenvalue weighted by Gasteiger charge is 2.45. The lowest BCUT2D eigenvalue weighted by Gasteiger charge is -2.26. The Morgan fingerprint density at radius 2 is 1.76 bits per heavy atom. The molecule has 6 nitrogen and oxygen atoms in total. The van der Waals surface area contributed by atoms with E-state index < -0.39 is 29.4 Å². The minimum Gasteiger partial charge on any atom is -0.497 e. The van der Waals surface area contributed by atoms with Crippen molar-refractivity contribution in [2.24, 2.45) is 0 Å². The number of alkyl halides is 3. The molecule has 1 aromatic carbocycles. The molecule has 0 aliphatic carbocycles. The molecule has 0 saturated carbocycles. The first-order valence-electron chi connectivity index (χ1n) is 11.1. The standard InChI is InChI=1S/C25H34F3N3O3/c1-9-24(4,5)20-21(19(15-30(6)7)23(32)34-16(2)3)29-31(22(20)25(26,27)28)14-17-10-12-18(33-8)13-11-17/h10-13,15-16H,9,14H2,1-8H3/b19-15-. The maximum Gasteiger partial charge on any atom is 0.433 e. The quantitative estimate of drug-likeness (QED) is 0.350. The number of carbonyl (C=O) groups excluding carboxylic acids is 1. The average Bonchev–Trinajstić information content (AvgIpc) is 3.12. The molecular formula is C25H34F3N3O3. The predicted molar refractivity (Wildman–Crippen MR) is 126 cm³/mol. The molecule has 0 amide bonds. The zero-order chi connectivity index (χ0) is 25.8. The molecule has 0 aliphatic rings. The van der Waals surface area contributed by atoms with Crippen molar-refractivity contribution < 1.29 is 27.4 Å². The second-order valence-electron chi connectivity index (χ2n) is 9.27. The van der Waals surface area contributed by atoms with E-state index in [1.807, 2.05) is 6.92 Å². The Balaban J connectivity index is 2.84. The van der Waals surface area contributed by atoms with E-state index in [2.05, 4.69) is 5.10 Å². The number of hydrogen-bond donors (Lipinski definition) is 0. The molecule has 1 heterocycles. The summed E-state index contributed by atoms with van der Waals surface area (Å²) in [4.78, 5) is 14.6. The SMILES string of the molecule is CCC(C)(C)c1c(/C(=C/N(C)C)C(=O)OC(C)C)nn(Cc2ccc(OC)cc2)c1C(F)(F)F. The van der Waals surface area contributed by atoms with Crippen LogP contribution in [0.5, 0.6) is 5.75 Å². The van der Waals surface area contributed by atoms with Gasteiger partial charge in [-0.05, 0) is 43.4 Å². The van der Waals surface area contributed by atoms with Crippen molar-refractivity contribution in [3.05, 3.63) is 53.0 Å². The molecule has 9 heteroatoms. The molecule has 0 fully saturated rings. The van der Waals surface area contributed by atoms with Crippen LogP contribution in [0.4, 0.5) is 13.2 Å². The first kappa shape index (κ1) is 27.3. The number of hydrogen-bond acceptors (Lipinski definition) is 5. The van der Waals surface area contributed by atoms with E-state index in [9.17, 15) is 18.0 Å². The molecule has 188 valence electrons. The molecule has 0 bridgehead atoms. The Kier molecular flexibility index (Phi) is 8.45. The van der Waals surface area contributed by atoms with Gasteiger partial charge in [-0.3, -0.25) is 4.68 Å². The van der Waals surface area contributed by atoms with E-state index in [-0.39, 0.29) is 23.4 Å². The molecule has 2 aromatic rings. The van der Waals surface area contributed by atoms with Crippen LogP contribution in [0.2, 0.25) is 0 Å². The molecule has 0 saturated heterocycles. The zero-order valence-electron chi connectivity index (χ0n) is 21.1. The van der Waals surface area contributed by atoms with Crippen LogP contribution in [0.15, 0.2) is 30.5 Å². The van der Waals surface area contributed by atoms with E-state index in [1.54, 1.807) is 71.0 Å². The van der Waals surface area contributed by atoms with Gasteiger partial charge in [0, 0.05) is 25.9 Å². The summed E-state index contributed by atoms with van der Waals surface area (Å²) in [6.07, 6.45) is -3.26. The van der Waals surface area contributed by atoms with Crippen molar-refractivity contribution in [1.82, 2.24) is 14.7 Å². The van der Waals surface area contributed by atoms with Crippen LogP contribution >= 0.6 is 0 Å². The summed E-state index contributed by atoms with van der Waals surface area (Å²) in [5, 5.41) is 4.38. The minimum absolute atomic E-state index is 0.0193. The van der Waals surface area contributed by atoms with Crippen LogP contribution in [0.25, 0.3) is 5.57 Å². The van der Waals surface area contributed by atoms with Crippen molar-refractivity contribution in [1.29, 1.82) is 0 Å². The molecule has 0 unspecified atom stereocenters. The highest BCUT2D eigenvalue weighted by atomic mass is 19.4. The second kappa shape index (κ2) is 10.5. The fourth-order valence-electron chi connectivity index (χ4n) is 3.52. The fourth-order valence-corrected chi connectivity index (χ4v) is 3.52. The fraction of sp³-hybridized carbons (Fsp3) is 0.520. The maximum atomic E-state index is 14.5. The van der Waals surface area contributed by atoms with E-state index in [0.29, 0.717) is 17.7 Å². The highest BCUT2D eigenvalue weighted by molar-refractivity contribution is 6.16. The molecule has 0 aliphatic heterocycles. The van der Waals surface area contributed by atoms with Gasteiger partial charge in [0.05, 0.1) is 19.8 Å². The van der Waals surface area contributed by atoms with Crippen LogP contribution in [0, 0.1) is 0 Å². The summed E-state index contributed by atoms with van der Waals surface area (Å²) < 4.78 is 55.0. The maximum absolute atomic E-state index is 14.5. The van der Waals surface area contributed by atoms with Crippen LogP contribution in [0.3, 0.4) is 0 Å². The van der Waals surface area contributed by atoms with Crippen LogP contribution < -0.4 is 4.74 Å². The van der Waals surface area contributed by atoms with Gasteiger partial charge >= 0.3 is 12.1 Å². The molecule has 2 rings (SSSR count). The van der Waals surface area contributed by atoms with Crippen molar-refractivity contribution in [3.8, 4) is 5.75 Å². The third kappa shape index (κ3) is 6.33. The van der Waals surface area contributed by atoms with E-state index in [0.717, 1.165) is 4.68 Å². The van der Waals surface area contributed by atoms with Gasteiger partial charge in [-0.2, -0.15) is 18.3 Å². The van der Waals surface area contributed by atoms with Gasteiger partial charge in [0.15, 0.2) is 0 Å². The van der Waals surface area contributed by atoms with Gasteiger partial charge in [-0.15, -0.1) is 0 Å². The van der Waals surface area contributed by atoms with Crippen LogP contribution in [-0.2, 0) is 27.7 Å². The summed E-state index contributed by atoms with van der Waals surface area (Å²) in [7, 11) is 4.89. The molecule has 0 atom stereocenters. The third-order valence-corrected chi connectivity index (χ3v) is 5.48. The highest BCUT2D eigenvalue weighted by Crippen LogP contribution is 2.43. The largest absolute Gasteiger partial charge is 0.497 e. The molecule has 0 N–H and O–H groups in total.